The highest BCUT2D eigenvalue weighted by molar-refractivity contribution is 5.93. The van der Waals surface area contributed by atoms with Crippen molar-refractivity contribution in [1.82, 2.24) is 15.5 Å². The molecule has 152 valence electrons. The molecule has 3 aromatic rings. The fourth-order valence-electron chi connectivity index (χ4n) is 2.81. The molecule has 0 aliphatic heterocycles. The van der Waals surface area contributed by atoms with Crippen molar-refractivity contribution in [3.63, 3.8) is 0 Å². The van der Waals surface area contributed by atoms with E-state index in [0.717, 1.165) is 6.07 Å². The normalized spacial score (nSPS) is 11.2. The molecule has 2 aromatic carbocycles. The minimum atomic E-state index is -4.49. The van der Waals surface area contributed by atoms with E-state index in [1.807, 2.05) is 0 Å². The molecule has 9 heteroatoms. The van der Waals surface area contributed by atoms with Gasteiger partial charge in [0.25, 0.3) is 5.91 Å². The third-order valence-electron chi connectivity index (χ3n) is 4.27. The lowest BCUT2D eigenvalue weighted by Crippen LogP contribution is -2.24. The number of nitrogens with zero attached hydrogens (tertiary/aromatic N) is 1. The minimum Gasteiger partial charge on any atom is -0.497 e. The molecular formula is C20H18F3N3O3. The van der Waals surface area contributed by atoms with Gasteiger partial charge in [-0.2, -0.15) is 18.3 Å². The Morgan fingerprint density at radius 3 is 2.55 bits per heavy atom. The predicted octanol–water partition coefficient (Wildman–Crippen LogP) is 4.04. The van der Waals surface area contributed by atoms with Gasteiger partial charge < -0.3 is 14.8 Å². The molecule has 0 aliphatic carbocycles. The summed E-state index contributed by atoms with van der Waals surface area (Å²) in [6.45, 7) is -0.269. The number of aromatic amines is 1. The van der Waals surface area contributed by atoms with Gasteiger partial charge in [-0.25, -0.2) is 0 Å². The van der Waals surface area contributed by atoms with Gasteiger partial charge in [-0.1, -0.05) is 18.2 Å². The van der Waals surface area contributed by atoms with E-state index in [0.29, 0.717) is 22.8 Å². The number of amides is 1. The summed E-state index contributed by atoms with van der Waals surface area (Å²) >= 11 is 0. The van der Waals surface area contributed by atoms with Crippen molar-refractivity contribution >= 4 is 5.91 Å². The Balaban J connectivity index is 1.76. The van der Waals surface area contributed by atoms with E-state index in [1.165, 1.54) is 38.5 Å². The van der Waals surface area contributed by atoms with Crippen LogP contribution in [0.15, 0.2) is 48.5 Å². The van der Waals surface area contributed by atoms with Crippen LogP contribution in [-0.2, 0) is 12.7 Å². The van der Waals surface area contributed by atoms with Gasteiger partial charge in [-0.3, -0.25) is 9.89 Å². The van der Waals surface area contributed by atoms with Crippen molar-refractivity contribution in [3.05, 3.63) is 65.4 Å². The van der Waals surface area contributed by atoms with Crippen LogP contribution in [0.3, 0.4) is 0 Å². The van der Waals surface area contributed by atoms with Gasteiger partial charge in [-0.15, -0.1) is 0 Å². The van der Waals surface area contributed by atoms with Gasteiger partial charge in [0, 0.05) is 18.2 Å². The van der Waals surface area contributed by atoms with Crippen LogP contribution in [0.1, 0.15) is 21.6 Å². The second-order valence-electron chi connectivity index (χ2n) is 6.07. The molecule has 0 saturated heterocycles. The van der Waals surface area contributed by atoms with Crippen LogP contribution in [-0.4, -0.2) is 30.3 Å². The van der Waals surface area contributed by atoms with E-state index < -0.39 is 17.6 Å². The van der Waals surface area contributed by atoms with Crippen molar-refractivity contribution in [3.8, 4) is 22.8 Å². The Morgan fingerprint density at radius 1 is 1.10 bits per heavy atom. The summed E-state index contributed by atoms with van der Waals surface area (Å²) in [6.07, 6.45) is -4.49. The topological polar surface area (TPSA) is 76.2 Å². The molecule has 0 bridgehead atoms. The lowest BCUT2D eigenvalue weighted by Gasteiger charge is -2.12. The van der Waals surface area contributed by atoms with Crippen LogP contribution >= 0.6 is 0 Å². The number of methoxy groups -OCH3 is 2. The first-order chi connectivity index (χ1) is 13.8. The van der Waals surface area contributed by atoms with Gasteiger partial charge in [0.05, 0.1) is 25.5 Å². The molecule has 2 N–H and O–H groups in total. The number of ether oxygens (including phenoxy) is 2. The number of alkyl halides is 3. The molecule has 0 aliphatic rings. The molecule has 1 amide bonds. The van der Waals surface area contributed by atoms with Crippen LogP contribution < -0.4 is 14.8 Å². The largest absolute Gasteiger partial charge is 0.497 e. The number of benzene rings is 2. The number of nitrogens with one attached hydrogen (secondary N) is 2. The zero-order valence-corrected chi connectivity index (χ0v) is 15.6. The van der Waals surface area contributed by atoms with Crippen molar-refractivity contribution in [1.29, 1.82) is 0 Å². The molecule has 6 nitrogen and oxygen atoms in total. The number of halogens is 3. The number of carbonyl (C=O) groups is 1. The van der Waals surface area contributed by atoms with Crippen LogP contribution in [0.5, 0.6) is 11.5 Å². The van der Waals surface area contributed by atoms with Crippen molar-refractivity contribution < 1.29 is 27.4 Å². The first-order valence-corrected chi connectivity index (χ1v) is 8.54. The van der Waals surface area contributed by atoms with Crippen molar-refractivity contribution in [2.45, 2.75) is 12.7 Å². The van der Waals surface area contributed by atoms with Gasteiger partial charge in [-0.05, 0) is 29.8 Å². The van der Waals surface area contributed by atoms with Crippen LogP contribution in [0.2, 0.25) is 0 Å². The van der Waals surface area contributed by atoms with Crippen LogP contribution in [0.25, 0.3) is 11.3 Å². The number of hydrogen-bond donors (Lipinski definition) is 2. The first-order valence-electron chi connectivity index (χ1n) is 8.54. The minimum absolute atomic E-state index is 0.0232. The zero-order valence-electron chi connectivity index (χ0n) is 15.6. The van der Waals surface area contributed by atoms with Crippen LogP contribution in [0, 0.1) is 0 Å². The average Bonchev–Trinajstić information content (AvgIpc) is 3.21. The molecule has 1 heterocycles. The number of rotatable bonds is 6. The van der Waals surface area contributed by atoms with Crippen molar-refractivity contribution in [2.24, 2.45) is 0 Å². The van der Waals surface area contributed by atoms with Gasteiger partial charge in [0.15, 0.2) is 0 Å². The molecule has 29 heavy (non-hydrogen) atoms. The molecule has 0 unspecified atom stereocenters. The Labute approximate surface area is 164 Å². The molecule has 0 fully saturated rings. The van der Waals surface area contributed by atoms with E-state index in [4.69, 9.17) is 9.47 Å². The summed E-state index contributed by atoms with van der Waals surface area (Å²) in [7, 11) is 3.03. The standard InChI is InChI=1S/C20H18F3N3O3/c1-28-13-7-8-14(18(9-13)29-2)16-10-17(26-25-16)19(27)24-11-12-5-3-4-6-15(12)20(21,22)23/h3-10H,11H2,1-2H3,(H,24,27)(H,25,26). The van der Waals surface area contributed by atoms with E-state index in [2.05, 4.69) is 15.5 Å². The van der Waals surface area contributed by atoms with Crippen molar-refractivity contribution in [2.75, 3.05) is 14.2 Å². The average molecular weight is 405 g/mol. The summed E-state index contributed by atoms with van der Waals surface area (Å²) in [5.74, 6) is 0.526. The van der Waals surface area contributed by atoms with E-state index >= 15 is 0 Å². The lowest BCUT2D eigenvalue weighted by atomic mass is 10.1. The van der Waals surface area contributed by atoms with Gasteiger partial charge in [0.1, 0.15) is 17.2 Å². The summed E-state index contributed by atoms with van der Waals surface area (Å²) in [6, 6.07) is 11.7. The maximum absolute atomic E-state index is 13.1. The van der Waals surface area contributed by atoms with Gasteiger partial charge in [0.2, 0.25) is 0 Å². The summed E-state index contributed by atoms with van der Waals surface area (Å²) in [5, 5.41) is 9.17. The highest BCUT2D eigenvalue weighted by Gasteiger charge is 2.32. The van der Waals surface area contributed by atoms with Crippen LogP contribution in [0.4, 0.5) is 13.2 Å². The third-order valence-corrected chi connectivity index (χ3v) is 4.27. The first kappa shape index (κ1) is 20.2. The number of hydrogen-bond acceptors (Lipinski definition) is 4. The summed E-state index contributed by atoms with van der Waals surface area (Å²) in [5.41, 5.74) is 0.386. The molecule has 1 aromatic heterocycles. The van der Waals surface area contributed by atoms with E-state index in [-0.39, 0.29) is 17.8 Å². The molecule has 3 rings (SSSR count). The van der Waals surface area contributed by atoms with E-state index in [9.17, 15) is 18.0 Å². The Morgan fingerprint density at radius 2 is 1.86 bits per heavy atom. The quantitative estimate of drug-likeness (QED) is 0.649. The number of aromatic nitrogens is 2. The highest BCUT2D eigenvalue weighted by atomic mass is 19.4. The fourth-order valence-corrected chi connectivity index (χ4v) is 2.81. The number of carbonyl (C=O) groups excluding carboxylic acids is 1. The highest BCUT2D eigenvalue weighted by Crippen LogP contribution is 2.33. The maximum Gasteiger partial charge on any atom is 0.416 e. The second kappa shape index (κ2) is 8.26. The Kier molecular flexibility index (Phi) is 5.76. The second-order valence-corrected chi connectivity index (χ2v) is 6.07. The maximum atomic E-state index is 13.1. The zero-order chi connectivity index (χ0) is 21.0. The lowest BCUT2D eigenvalue weighted by molar-refractivity contribution is -0.138. The Bertz CT molecular complexity index is 1020. The third kappa shape index (κ3) is 4.50. The van der Waals surface area contributed by atoms with E-state index in [1.54, 1.807) is 18.2 Å². The fraction of sp³-hybridized carbons (Fsp3) is 0.200. The monoisotopic (exact) mass is 405 g/mol. The smallest absolute Gasteiger partial charge is 0.416 e. The molecule has 0 saturated carbocycles. The predicted molar refractivity (Wildman–Crippen MR) is 99.7 cm³/mol. The summed E-state index contributed by atoms with van der Waals surface area (Å²) in [4.78, 5) is 12.4. The molecule has 0 spiro atoms. The molecule has 0 atom stereocenters. The molecular weight excluding hydrogens is 387 g/mol. The molecule has 0 radical (unpaired) electrons. The summed E-state index contributed by atoms with van der Waals surface area (Å²) < 4.78 is 49.7. The number of H-pyrrole nitrogens is 1. The Hall–Kier alpha value is -3.49. The van der Waals surface area contributed by atoms with Gasteiger partial charge >= 0.3 is 6.18 Å². The SMILES string of the molecule is COc1ccc(-c2cc(C(=O)NCc3ccccc3C(F)(F)F)[nH]n2)c(OC)c1.